The summed E-state index contributed by atoms with van der Waals surface area (Å²) in [6.07, 6.45) is 6.97. The second kappa shape index (κ2) is 9.56. The summed E-state index contributed by atoms with van der Waals surface area (Å²) in [4.78, 5) is 28.8. The predicted molar refractivity (Wildman–Crippen MR) is 123 cm³/mol. The maximum Gasteiger partial charge on any atom is 0.254 e. The molecule has 1 N–H and O–H groups in total. The zero-order valence-electron chi connectivity index (χ0n) is 18.3. The summed E-state index contributed by atoms with van der Waals surface area (Å²) in [5, 5.41) is 12.3. The first-order valence-electron chi connectivity index (χ1n) is 10.9. The summed E-state index contributed by atoms with van der Waals surface area (Å²) in [5.74, 6) is 1.60. The number of nitrogens with one attached hydrogen (secondary N) is 1. The van der Waals surface area contributed by atoms with E-state index in [4.69, 9.17) is 5.26 Å². The first-order chi connectivity index (χ1) is 15.6. The third kappa shape index (κ3) is 4.59. The van der Waals surface area contributed by atoms with Gasteiger partial charge < -0.3 is 10.2 Å². The van der Waals surface area contributed by atoms with Crippen LogP contribution in [-0.4, -0.2) is 44.9 Å². The van der Waals surface area contributed by atoms with E-state index in [2.05, 4.69) is 33.3 Å². The summed E-state index contributed by atoms with van der Waals surface area (Å²) >= 11 is 0. The quantitative estimate of drug-likeness (QED) is 0.661. The molecule has 1 amide bonds. The van der Waals surface area contributed by atoms with Gasteiger partial charge in [-0.25, -0.2) is 15.0 Å². The smallest absolute Gasteiger partial charge is 0.254 e. The predicted octanol–water partition coefficient (Wildman–Crippen LogP) is 4.07. The van der Waals surface area contributed by atoms with Crippen LogP contribution in [0.15, 0.2) is 55.0 Å². The molecular weight excluding hydrogens is 400 g/mol. The van der Waals surface area contributed by atoms with Gasteiger partial charge in [-0.1, -0.05) is 24.6 Å². The Kier molecular flexibility index (Phi) is 6.41. The number of anilines is 1. The fraction of sp³-hybridized carbons (Fsp3) is 0.320. The van der Waals surface area contributed by atoms with Crippen LogP contribution < -0.4 is 5.32 Å². The Hall–Kier alpha value is -3.79. The van der Waals surface area contributed by atoms with Crippen LogP contribution in [0.2, 0.25) is 0 Å². The van der Waals surface area contributed by atoms with Gasteiger partial charge in [-0.2, -0.15) is 5.26 Å². The van der Waals surface area contributed by atoms with E-state index in [0.717, 1.165) is 24.0 Å². The summed E-state index contributed by atoms with van der Waals surface area (Å²) in [5.41, 5.74) is 2.93. The van der Waals surface area contributed by atoms with E-state index in [1.807, 2.05) is 30.0 Å². The van der Waals surface area contributed by atoms with E-state index in [1.54, 1.807) is 36.8 Å². The Morgan fingerprint density at radius 1 is 1.22 bits per heavy atom. The van der Waals surface area contributed by atoms with Gasteiger partial charge in [0.25, 0.3) is 5.91 Å². The molecule has 0 radical (unpaired) electrons. The molecule has 0 bridgehead atoms. The lowest BCUT2D eigenvalue weighted by Gasteiger charge is -2.40. The average Bonchev–Trinajstić information content (AvgIpc) is 2.83. The molecule has 0 aliphatic carbocycles. The van der Waals surface area contributed by atoms with Gasteiger partial charge in [0.15, 0.2) is 5.82 Å². The van der Waals surface area contributed by atoms with E-state index in [-0.39, 0.29) is 11.9 Å². The number of likely N-dealkylation sites (tertiary alicyclic amines) is 1. The average molecular weight is 427 g/mol. The topological polar surface area (TPSA) is 94.8 Å². The monoisotopic (exact) mass is 426 g/mol. The van der Waals surface area contributed by atoms with Gasteiger partial charge >= 0.3 is 0 Å². The van der Waals surface area contributed by atoms with Crippen LogP contribution >= 0.6 is 0 Å². The molecule has 1 saturated heterocycles. The number of benzene rings is 1. The van der Waals surface area contributed by atoms with Crippen LogP contribution in [0, 0.1) is 24.2 Å². The Morgan fingerprint density at radius 2 is 2.03 bits per heavy atom. The van der Waals surface area contributed by atoms with Crippen molar-refractivity contribution in [2.45, 2.75) is 32.7 Å². The van der Waals surface area contributed by atoms with Crippen molar-refractivity contribution in [1.29, 1.82) is 5.26 Å². The molecule has 4 rings (SSSR count). The molecule has 3 aromatic rings. The van der Waals surface area contributed by atoms with Gasteiger partial charge in [-0.15, -0.1) is 0 Å². The molecule has 1 aliphatic rings. The number of aryl methyl sites for hydroxylation is 1. The van der Waals surface area contributed by atoms with Gasteiger partial charge in [0.1, 0.15) is 11.9 Å². The van der Waals surface area contributed by atoms with Crippen LogP contribution in [0.5, 0.6) is 0 Å². The Labute approximate surface area is 188 Å². The summed E-state index contributed by atoms with van der Waals surface area (Å²) < 4.78 is 0. The third-order valence-corrected chi connectivity index (χ3v) is 5.97. The molecule has 2 aromatic heterocycles. The maximum atomic E-state index is 13.8. The van der Waals surface area contributed by atoms with Crippen LogP contribution in [-0.2, 0) is 0 Å². The highest BCUT2D eigenvalue weighted by atomic mass is 16.2. The lowest BCUT2D eigenvalue weighted by molar-refractivity contribution is 0.0540. The largest absolute Gasteiger partial charge is 0.368 e. The number of nitriles is 1. The number of nitrogens with zero attached hydrogens (tertiary/aromatic N) is 5. The van der Waals surface area contributed by atoms with Gasteiger partial charge in [0.2, 0.25) is 0 Å². The molecule has 7 nitrogen and oxygen atoms in total. The van der Waals surface area contributed by atoms with E-state index < -0.39 is 0 Å². The highest BCUT2D eigenvalue weighted by Crippen LogP contribution is 2.29. The lowest BCUT2D eigenvalue weighted by Crippen LogP contribution is -2.51. The minimum atomic E-state index is 0.00212. The zero-order valence-corrected chi connectivity index (χ0v) is 18.3. The van der Waals surface area contributed by atoms with E-state index in [9.17, 15) is 4.79 Å². The van der Waals surface area contributed by atoms with Crippen LogP contribution in [0.1, 0.15) is 41.3 Å². The normalized spacial score (nSPS) is 18.1. The second-order valence-electron chi connectivity index (χ2n) is 8.23. The Bertz CT molecular complexity index is 1120. The van der Waals surface area contributed by atoms with Crippen molar-refractivity contribution in [2.75, 3.05) is 18.4 Å². The summed E-state index contributed by atoms with van der Waals surface area (Å²) in [7, 11) is 0. The van der Waals surface area contributed by atoms with E-state index in [0.29, 0.717) is 41.8 Å². The number of carbonyl (C=O) groups excluding carboxylic acids is 1. The van der Waals surface area contributed by atoms with Crippen molar-refractivity contribution in [2.24, 2.45) is 5.92 Å². The molecule has 1 aromatic carbocycles. The van der Waals surface area contributed by atoms with E-state index >= 15 is 0 Å². The van der Waals surface area contributed by atoms with Crippen LogP contribution in [0.4, 0.5) is 5.82 Å². The van der Waals surface area contributed by atoms with Crippen LogP contribution in [0.3, 0.4) is 0 Å². The molecule has 2 unspecified atom stereocenters. The van der Waals surface area contributed by atoms with Gasteiger partial charge in [0, 0.05) is 37.2 Å². The van der Waals surface area contributed by atoms with Crippen LogP contribution in [0.25, 0.3) is 11.4 Å². The van der Waals surface area contributed by atoms with Crippen molar-refractivity contribution in [1.82, 2.24) is 19.9 Å². The molecule has 0 spiro atoms. The fourth-order valence-corrected chi connectivity index (χ4v) is 4.21. The summed E-state index contributed by atoms with van der Waals surface area (Å²) in [6.45, 7) is 5.48. The minimum Gasteiger partial charge on any atom is -0.368 e. The Morgan fingerprint density at radius 3 is 2.75 bits per heavy atom. The third-order valence-electron chi connectivity index (χ3n) is 5.97. The molecule has 1 fully saturated rings. The lowest BCUT2D eigenvalue weighted by atomic mass is 9.89. The molecule has 32 heavy (non-hydrogen) atoms. The fourth-order valence-electron chi connectivity index (χ4n) is 4.21. The standard InChI is InChI=1S/C25H26N6O/c1-17-6-8-20(24-27-10-4-11-28-24)21(13-17)25(32)31-12-3-5-18(2)22(31)16-30-23-9-7-19(14-26)15-29-23/h4,6-11,13,15,18,22H,3,5,12,16H2,1-2H3,(H,29,30). The highest BCUT2D eigenvalue weighted by Gasteiger charge is 2.33. The second-order valence-corrected chi connectivity index (χ2v) is 8.23. The Balaban J connectivity index is 1.60. The number of hydrogen-bond acceptors (Lipinski definition) is 6. The van der Waals surface area contributed by atoms with Gasteiger partial charge in [0.05, 0.1) is 17.2 Å². The number of amides is 1. The molecular formula is C25H26N6O. The van der Waals surface area contributed by atoms with Crippen molar-refractivity contribution in [3.63, 3.8) is 0 Å². The molecule has 2 atom stereocenters. The van der Waals surface area contributed by atoms with Gasteiger partial charge in [-0.3, -0.25) is 4.79 Å². The van der Waals surface area contributed by atoms with Crippen molar-refractivity contribution in [3.8, 4) is 17.5 Å². The number of aromatic nitrogens is 3. The number of rotatable bonds is 5. The number of piperidine rings is 1. The zero-order chi connectivity index (χ0) is 22.5. The first kappa shape index (κ1) is 21.4. The number of carbonyl (C=O) groups is 1. The highest BCUT2D eigenvalue weighted by molar-refractivity contribution is 6.00. The van der Waals surface area contributed by atoms with E-state index in [1.165, 1.54) is 0 Å². The minimum absolute atomic E-state index is 0.00212. The maximum absolute atomic E-state index is 13.8. The van der Waals surface area contributed by atoms with Crippen molar-refractivity contribution >= 4 is 11.7 Å². The molecule has 7 heteroatoms. The molecule has 162 valence electrons. The number of hydrogen-bond donors (Lipinski definition) is 1. The molecule has 0 saturated carbocycles. The van der Waals surface area contributed by atoms with Crippen molar-refractivity contribution < 1.29 is 4.79 Å². The van der Waals surface area contributed by atoms with Crippen molar-refractivity contribution in [3.05, 3.63) is 71.7 Å². The summed E-state index contributed by atoms with van der Waals surface area (Å²) in [6, 6.07) is 13.2. The first-order valence-corrected chi connectivity index (χ1v) is 10.9. The van der Waals surface area contributed by atoms with Gasteiger partial charge in [-0.05, 0) is 49.9 Å². The molecule has 1 aliphatic heterocycles. The SMILES string of the molecule is Cc1ccc(-c2ncccn2)c(C(=O)N2CCCC(C)C2CNc2ccc(C#N)cn2)c1. The number of pyridine rings is 1. The molecule has 3 heterocycles.